The van der Waals surface area contributed by atoms with Crippen molar-refractivity contribution in [2.24, 2.45) is 0 Å². The fraction of sp³-hybridized carbons (Fsp3) is 0.423. The molecule has 0 bridgehead atoms. The highest BCUT2D eigenvalue weighted by molar-refractivity contribution is 6.01. The van der Waals surface area contributed by atoms with Gasteiger partial charge in [0, 0.05) is 38.8 Å². The molecule has 2 aromatic rings. The van der Waals surface area contributed by atoms with Crippen molar-refractivity contribution in [1.29, 1.82) is 0 Å². The molecule has 2 heterocycles. The van der Waals surface area contributed by atoms with Gasteiger partial charge >= 0.3 is 6.09 Å². The quantitative estimate of drug-likeness (QED) is 0.653. The van der Waals surface area contributed by atoms with Crippen LogP contribution in [-0.2, 0) is 9.53 Å². The first-order valence-corrected chi connectivity index (χ1v) is 11.7. The lowest BCUT2D eigenvalue weighted by Crippen LogP contribution is -2.54. The number of methoxy groups -OCH3 is 2. The summed E-state index contributed by atoms with van der Waals surface area (Å²) in [4.78, 5) is 44.4. The third-order valence-electron chi connectivity index (χ3n) is 6.71. The molecular weight excluding hydrogens is 450 g/mol. The number of piperazine rings is 1. The van der Waals surface area contributed by atoms with E-state index in [4.69, 9.17) is 14.2 Å². The van der Waals surface area contributed by atoms with Crippen molar-refractivity contribution >= 4 is 17.9 Å². The number of fused-ring (bicyclic) bond motifs is 1. The van der Waals surface area contributed by atoms with Gasteiger partial charge in [-0.05, 0) is 36.2 Å². The summed E-state index contributed by atoms with van der Waals surface area (Å²) in [6, 6.07) is 12.2. The van der Waals surface area contributed by atoms with Crippen molar-refractivity contribution in [1.82, 2.24) is 14.7 Å². The third-order valence-corrected chi connectivity index (χ3v) is 6.71. The number of hydrogen-bond acceptors (Lipinski definition) is 6. The van der Waals surface area contributed by atoms with Crippen molar-refractivity contribution in [3.8, 4) is 11.5 Å². The van der Waals surface area contributed by atoms with Gasteiger partial charge in [0.2, 0.25) is 5.91 Å². The summed E-state index contributed by atoms with van der Waals surface area (Å²) >= 11 is 0. The maximum Gasteiger partial charge on any atom is 0.409 e. The van der Waals surface area contributed by atoms with Crippen molar-refractivity contribution in [3.63, 3.8) is 0 Å². The van der Waals surface area contributed by atoms with Crippen LogP contribution in [0.4, 0.5) is 4.79 Å². The van der Waals surface area contributed by atoms with Gasteiger partial charge in [-0.1, -0.05) is 24.3 Å². The molecule has 186 valence electrons. The van der Waals surface area contributed by atoms with E-state index in [0.29, 0.717) is 55.4 Å². The molecule has 4 rings (SSSR count). The smallest absolute Gasteiger partial charge is 0.409 e. The van der Waals surface area contributed by atoms with Crippen LogP contribution in [0.5, 0.6) is 11.5 Å². The summed E-state index contributed by atoms with van der Waals surface area (Å²) in [5.74, 6) is 0.260. The summed E-state index contributed by atoms with van der Waals surface area (Å²) in [6.07, 6.45) is -0.365. The van der Waals surface area contributed by atoms with Crippen LogP contribution in [0.25, 0.3) is 0 Å². The van der Waals surface area contributed by atoms with Crippen LogP contribution < -0.4 is 9.47 Å². The summed E-state index contributed by atoms with van der Waals surface area (Å²) in [5.41, 5.74) is 2.00. The van der Waals surface area contributed by atoms with Gasteiger partial charge in [-0.15, -0.1) is 0 Å². The largest absolute Gasteiger partial charge is 0.493 e. The zero-order valence-corrected chi connectivity index (χ0v) is 20.5. The first-order valence-electron chi connectivity index (χ1n) is 11.7. The van der Waals surface area contributed by atoms with E-state index >= 15 is 0 Å². The monoisotopic (exact) mass is 481 g/mol. The third kappa shape index (κ3) is 4.50. The number of nitrogens with zero attached hydrogens (tertiary/aromatic N) is 3. The topological polar surface area (TPSA) is 88.6 Å². The molecule has 1 fully saturated rings. The second-order valence-electron chi connectivity index (χ2n) is 8.55. The molecule has 2 aliphatic rings. The average Bonchev–Trinajstić information content (AvgIpc) is 2.90. The lowest BCUT2D eigenvalue weighted by molar-refractivity contribution is -0.136. The van der Waals surface area contributed by atoms with E-state index in [1.54, 1.807) is 61.1 Å². The fourth-order valence-electron chi connectivity index (χ4n) is 4.91. The minimum Gasteiger partial charge on any atom is -0.493 e. The lowest BCUT2D eigenvalue weighted by atomic mass is 9.79. The minimum absolute atomic E-state index is 0.0832. The van der Waals surface area contributed by atoms with Gasteiger partial charge in [0.05, 0.1) is 32.8 Å². The van der Waals surface area contributed by atoms with Crippen molar-refractivity contribution < 1.29 is 28.6 Å². The van der Waals surface area contributed by atoms with Gasteiger partial charge in [0.25, 0.3) is 5.91 Å². The number of likely N-dealkylation sites (N-methyl/N-ethyl adjacent to an activating group) is 1. The summed E-state index contributed by atoms with van der Waals surface area (Å²) in [7, 11) is 4.84. The number of carbonyl (C=O) groups excluding carboxylic acids is 3. The molecule has 0 aromatic heterocycles. The Morgan fingerprint density at radius 3 is 2.26 bits per heavy atom. The van der Waals surface area contributed by atoms with E-state index in [1.165, 1.54) is 0 Å². The van der Waals surface area contributed by atoms with E-state index in [0.717, 1.165) is 5.56 Å². The fourth-order valence-corrected chi connectivity index (χ4v) is 4.91. The number of ether oxygens (including phenoxy) is 3. The van der Waals surface area contributed by atoms with E-state index in [2.05, 4.69) is 0 Å². The number of carbonyl (C=O) groups is 3. The molecule has 1 saturated heterocycles. The Morgan fingerprint density at radius 2 is 1.60 bits per heavy atom. The standard InChI is InChI=1S/C26H31N3O6/c1-5-35-26(32)29-14-12-28(13-15-29)25(31)22-18-8-6-7-9-19(18)24(30)27(2)23(22)17-10-11-20(33-3)21(16-17)34-4/h6-11,16,22-23H,5,12-15H2,1-4H3/t22-,23+/m1/s1. The molecule has 9 nitrogen and oxygen atoms in total. The highest BCUT2D eigenvalue weighted by Crippen LogP contribution is 2.44. The van der Waals surface area contributed by atoms with E-state index in [-0.39, 0.29) is 17.9 Å². The Labute approximate surface area is 205 Å². The maximum absolute atomic E-state index is 14.0. The van der Waals surface area contributed by atoms with Crippen LogP contribution in [0.1, 0.15) is 40.4 Å². The van der Waals surface area contributed by atoms with Crippen molar-refractivity contribution in [3.05, 3.63) is 59.2 Å². The van der Waals surface area contributed by atoms with Crippen molar-refractivity contribution in [2.45, 2.75) is 18.9 Å². The summed E-state index contributed by atoms with van der Waals surface area (Å²) < 4.78 is 16.0. The molecule has 0 spiro atoms. The predicted molar refractivity (Wildman–Crippen MR) is 129 cm³/mol. The molecule has 2 aromatic carbocycles. The Bertz CT molecular complexity index is 1110. The Hall–Kier alpha value is -3.75. The Kier molecular flexibility index (Phi) is 7.14. The molecule has 0 saturated carbocycles. The summed E-state index contributed by atoms with van der Waals surface area (Å²) in [6.45, 7) is 3.66. The normalized spacial score (nSPS) is 19.8. The molecule has 0 N–H and O–H groups in total. The Balaban J connectivity index is 1.70. The second kappa shape index (κ2) is 10.2. The summed E-state index contributed by atoms with van der Waals surface area (Å²) in [5, 5.41) is 0. The number of rotatable bonds is 5. The zero-order chi connectivity index (χ0) is 25.1. The highest BCUT2D eigenvalue weighted by Gasteiger charge is 2.44. The van der Waals surface area contributed by atoms with E-state index in [9.17, 15) is 14.4 Å². The molecule has 2 aliphatic heterocycles. The van der Waals surface area contributed by atoms with Crippen LogP contribution in [0.15, 0.2) is 42.5 Å². The van der Waals surface area contributed by atoms with Gasteiger partial charge in [-0.3, -0.25) is 9.59 Å². The van der Waals surface area contributed by atoms with E-state index < -0.39 is 12.0 Å². The first kappa shape index (κ1) is 24.4. The molecule has 0 radical (unpaired) electrons. The average molecular weight is 482 g/mol. The van der Waals surface area contributed by atoms with Gasteiger partial charge in [-0.25, -0.2) is 4.79 Å². The van der Waals surface area contributed by atoms with Crippen LogP contribution in [0, 0.1) is 0 Å². The second-order valence-corrected chi connectivity index (χ2v) is 8.55. The predicted octanol–water partition coefficient (Wildman–Crippen LogP) is 2.92. The Morgan fingerprint density at radius 1 is 0.943 bits per heavy atom. The van der Waals surface area contributed by atoms with E-state index in [1.807, 2.05) is 24.3 Å². The molecule has 0 unspecified atom stereocenters. The van der Waals surface area contributed by atoms with Crippen molar-refractivity contribution in [2.75, 3.05) is 54.1 Å². The van der Waals surface area contributed by atoms with Gasteiger partial charge in [0.15, 0.2) is 11.5 Å². The highest BCUT2D eigenvalue weighted by atomic mass is 16.6. The van der Waals surface area contributed by atoms with Crippen LogP contribution in [-0.4, -0.2) is 86.7 Å². The zero-order valence-electron chi connectivity index (χ0n) is 20.5. The van der Waals surface area contributed by atoms with Gasteiger partial charge in [0.1, 0.15) is 0 Å². The molecule has 3 amide bonds. The van der Waals surface area contributed by atoms with Gasteiger partial charge < -0.3 is 28.9 Å². The van der Waals surface area contributed by atoms with Crippen LogP contribution in [0.2, 0.25) is 0 Å². The number of benzene rings is 2. The first-order chi connectivity index (χ1) is 16.9. The number of hydrogen-bond donors (Lipinski definition) is 0. The van der Waals surface area contributed by atoms with Crippen LogP contribution in [0.3, 0.4) is 0 Å². The molecule has 0 aliphatic carbocycles. The maximum atomic E-state index is 14.0. The molecule has 9 heteroatoms. The molecular formula is C26H31N3O6. The molecule has 35 heavy (non-hydrogen) atoms. The minimum atomic E-state index is -0.610. The lowest BCUT2D eigenvalue weighted by Gasteiger charge is -2.43. The SMILES string of the molecule is CCOC(=O)N1CCN(C(=O)[C@@H]2c3ccccc3C(=O)N(C)[C@H]2c2ccc(OC)c(OC)c2)CC1. The molecule has 2 atom stereocenters. The van der Waals surface area contributed by atoms with Crippen LogP contribution >= 0.6 is 0 Å². The van der Waals surface area contributed by atoms with Gasteiger partial charge in [-0.2, -0.15) is 0 Å². The number of amides is 3.